The van der Waals surface area contributed by atoms with Crippen LogP contribution in [0.5, 0.6) is 0 Å². The van der Waals surface area contributed by atoms with Gasteiger partial charge >= 0.3 is 71.4 Å². The summed E-state index contributed by atoms with van der Waals surface area (Å²) in [5.41, 5.74) is 0. The molecule has 1 atom stereocenters. The first-order valence-electron chi connectivity index (χ1n) is 3.16. The summed E-state index contributed by atoms with van der Waals surface area (Å²) in [5.74, 6) is 0.258. The molecule has 0 spiro atoms. The number of hydrogen-bond donors (Lipinski definition) is 0. The molecule has 0 saturated heterocycles. The Morgan fingerprint density at radius 2 is 2.50 bits per heavy atom. The van der Waals surface area contributed by atoms with Crippen molar-refractivity contribution in [3.05, 3.63) is 12.3 Å². The molecule has 0 aromatic heterocycles. The Morgan fingerprint density at radius 1 is 1.80 bits per heavy atom. The fourth-order valence-electron chi connectivity index (χ4n) is 0.834. The molecule has 3 heteroatoms. The topological polar surface area (TPSA) is 20.3 Å². The first-order chi connectivity index (χ1) is 4.74. The summed E-state index contributed by atoms with van der Waals surface area (Å²) in [6, 6.07) is 0. The second-order valence-electron chi connectivity index (χ2n) is 2.28. The number of amides is 1. The van der Waals surface area contributed by atoms with Crippen LogP contribution in [0.4, 0.5) is 0 Å². The number of alkyl halides is 2. The standard InChI is InChI=1S/C7H11INO/c1-8-6-3-4-9(2)7(10)5-6/h3-4,6H,5H2,1-2H3/q-1. The Labute approximate surface area is 71.5 Å². The van der Waals surface area contributed by atoms with E-state index < -0.39 is 0 Å². The molecule has 0 fully saturated rings. The Kier molecular flexibility index (Phi) is 2.71. The summed E-state index contributed by atoms with van der Waals surface area (Å²) >= 11 is 0.205. The Bertz CT molecular complexity index is 167. The van der Waals surface area contributed by atoms with Gasteiger partial charge in [0, 0.05) is 0 Å². The van der Waals surface area contributed by atoms with E-state index in [2.05, 4.69) is 11.0 Å². The molecule has 1 aliphatic rings. The molecule has 0 aromatic carbocycles. The summed E-state index contributed by atoms with van der Waals surface area (Å²) < 4.78 is 0.586. The molecular formula is C7H11INO-. The fourth-order valence-corrected chi connectivity index (χ4v) is 2.25. The van der Waals surface area contributed by atoms with E-state index in [1.54, 1.807) is 4.90 Å². The van der Waals surface area contributed by atoms with Crippen molar-refractivity contribution in [2.45, 2.75) is 10.3 Å². The normalized spacial score (nSPS) is 26.0. The predicted molar refractivity (Wildman–Crippen MR) is 36.2 cm³/mol. The minimum absolute atomic E-state index is 0.205. The van der Waals surface area contributed by atoms with Crippen molar-refractivity contribution in [1.29, 1.82) is 0 Å². The molecule has 0 saturated carbocycles. The van der Waals surface area contributed by atoms with Crippen molar-refractivity contribution in [3.8, 4) is 0 Å². The average molecular weight is 252 g/mol. The quantitative estimate of drug-likeness (QED) is 0.371. The van der Waals surface area contributed by atoms with Gasteiger partial charge < -0.3 is 0 Å². The van der Waals surface area contributed by atoms with Gasteiger partial charge in [-0.05, 0) is 0 Å². The summed E-state index contributed by atoms with van der Waals surface area (Å²) in [4.78, 5) is 14.9. The fraction of sp³-hybridized carbons (Fsp3) is 0.571. The van der Waals surface area contributed by atoms with Crippen molar-refractivity contribution in [2.75, 3.05) is 12.0 Å². The van der Waals surface area contributed by atoms with E-state index in [-0.39, 0.29) is 27.1 Å². The van der Waals surface area contributed by atoms with E-state index in [0.29, 0.717) is 3.92 Å². The van der Waals surface area contributed by atoms with E-state index in [4.69, 9.17) is 0 Å². The summed E-state index contributed by atoms with van der Waals surface area (Å²) in [7, 11) is 1.81. The number of carbonyl (C=O) groups is 1. The number of carbonyl (C=O) groups excluding carboxylic acids is 1. The van der Waals surface area contributed by atoms with Crippen LogP contribution in [-0.4, -0.2) is 26.7 Å². The third-order valence-corrected chi connectivity index (χ3v) is 4.02. The molecule has 10 heavy (non-hydrogen) atoms. The Balaban J connectivity index is 2.59. The van der Waals surface area contributed by atoms with Crippen molar-refractivity contribution >= 4 is 5.91 Å². The van der Waals surface area contributed by atoms with Gasteiger partial charge in [0.05, 0.1) is 0 Å². The number of hydrogen-bond acceptors (Lipinski definition) is 1. The van der Waals surface area contributed by atoms with Gasteiger partial charge in [-0.15, -0.1) is 0 Å². The van der Waals surface area contributed by atoms with Crippen LogP contribution >= 0.6 is 0 Å². The molecule has 0 N–H and O–H groups in total. The zero-order valence-corrected chi connectivity index (χ0v) is 8.33. The third-order valence-electron chi connectivity index (χ3n) is 1.56. The molecule has 58 valence electrons. The zero-order valence-electron chi connectivity index (χ0n) is 6.17. The first kappa shape index (κ1) is 8.04. The van der Waals surface area contributed by atoms with E-state index in [0.717, 1.165) is 6.42 Å². The van der Waals surface area contributed by atoms with Gasteiger partial charge in [-0.2, -0.15) is 0 Å². The maximum absolute atomic E-state index is 11.1. The molecule has 1 amide bonds. The Hall–Kier alpha value is -0.0600. The molecule has 2 nitrogen and oxygen atoms in total. The number of rotatable bonds is 1. The van der Waals surface area contributed by atoms with E-state index >= 15 is 0 Å². The van der Waals surface area contributed by atoms with E-state index in [1.807, 2.05) is 13.2 Å². The summed E-state index contributed by atoms with van der Waals surface area (Å²) in [6.07, 6.45) is 4.77. The van der Waals surface area contributed by atoms with Crippen molar-refractivity contribution < 1.29 is 26.0 Å². The maximum atomic E-state index is 11.1. The zero-order chi connectivity index (χ0) is 7.56. The van der Waals surface area contributed by atoms with Crippen LogP contribution in [0.2, 0.25) is 0 Å². The average Bonchev–Trinajstić information content (AvgIpc) is 1.95. The molecule has 1 heterocycles. The van der Waals surface area contributed by atoms with Gasteiger partial charge in [-0.1, -0.05) is 0 Å². The number of allylic oxidation sites excluding steroid dienone is 1. The van der Waals surface area contributed by atoms with Gasteiger partial charge in [0.2, 0.25) is 0 Å². The van der Waals surface area contributed by atoms with Crippen molar-refractivity contribution in [2.24, 2.45) is 0 Å². The van der Waals surface area contributed by atoms with Crippen LogP contribution in [-0.2, 0) is 4.79 Å². The van der Waals surface area contributed by atoms with E-state index in [9.17, 15) is 4.79 Å². The second kappa shape index (κ2) is 3.37. The molecular weight excluding hydrogens is 241 g/mol. The predicted octanol–water partition coefficient (Wildman–Crippen LogP) is -2.55. The van der Waals surface area contributed by atoms with Gasteiger partial charge in [-0.3, -0.25) is 0 Å². The molecule has 0 aromatic rings. The van der Waals surface area contributed by atoms with Crippen LogP contribution in [0, 0.1) is 0 Å². The molecule has 1 rings (SSSR count). The van der Waals surface area contributed by atoms with Gasteiger partial charge in [-0.25, -0.2) is 0 Å². The molecule has 0 aliphatic carbocycles. The number of halogens is 1. The van der Waals surface area contributed by atoms with Gasteiger partial charge in [0.1, 0.15) is 0 Å². The van der Waals surface area contributed by atoms with Crippen LogP contribution < -0.4 is 21.2 Å². The third kappa shape index (κ3) is 1.71. The van der Waals surface area contributed by atoms with E-state index in [1.165, 1.54) is 0 Å². The molecule has 0 bridgehead atoms. The van der Waals surface area contributed by atoms with Crippen LogP contribution in [0.25, 0.3) is 0 Å². The second-order valence-corrected chi connectivity index (χ2v) is 5.13. The Morgan fingerprint density at radius 3 is 3.00 bits per heavy atom. The monoisotopic (exact) mass is 252 g/mol. The van der Waals surface area contributed by atoms with Crippen LogP contribution in [0.15, 0.2) is 12.3 Å². The minimum atomic E-state index is 0.205. The summed E-state index contributed by atoms with van der Waals surface area (Å²) in [6.45, 7) is 0. The van der Waals surface area contributed by atoms with Gasteiger partial charge in [0.15, 0.2) is 0 Å². The molecule has 0 radical (unpaired) electrons. The molecule has 1 unspecified atom stereocenters. The van der Waals surface area contributed by atoms with Crippen LogP contribution in [0.3, 0.4) is 0 Å². The van der Waals surface area contributed by atoms with Crippen LogP contribution in [0.1, 0.15) is 6.42 Å². The SMILES string of the molecule is C[I-]C1C=CN(C)C(=O)C1. The van der Waals surface area contributed by atoms with Crippen molar-refractivity contribution in [3.63, 3.8) is 0 Å². The first-order valence-corrected chi connectivity index (χ1v) is 6.56. The van der Waals surface area contributed by atoms with Crippen molar-refractivity contribution in [1.82, 2.24) is 4.90 Å². The van der Waals surface area contributed by atoms with Gasteiger partial charge in [0.25, 0.3) is 0 Å². The molecule has 1 aliphatic heterocycles. The summed E-state index contributed by atoms with van der Waals surface area (Å²) in [5, 5.41) is 0. The number of nitrogens with zero attached hydrogens (tertiary/aromatic N) is 1.